The number of hydrogen-bond donors (Lipinski definition) is 1. The molecule has 2 aromatic carbocycles. The zero-order valence-corrected chi connectivity index (χ0v) is 17.9. The summed E-state index contributed by atoms with van der Waals surface area (Å²) in [6.45, 7) is 8.10. The van der Waals surface area contributed by atoms with E-state index in [1.807, 2.05) is 24.3 Å². The molecule has 0 atom stereocenters. The first-order valence-corrected chi connectivity index (χ1v) is 10.6. The first-order chi connectivity index (χ1) is 13.5. The third kappa shape index (κ3) is 6.70. The molecule has 28 heavy (non-hydrogen) atoms. The van der Waals surface area contributed by atoms with Gasteiger partial charge in [0.1, 0.15) is 11.5 Å². The second-order valence-corrected chi connectivity index (χ2v) is 7.66. The van der Waals surface area contributed by atoms with Crippen LogP contribution in [0.5, 0.6) is 11.5 Å². The van der Waals surface area contributed by atoms with Crippen molar-refractivity contribution in [2.75, 3.05) is 0 Å². The minimum atomic E-state index is -0.111. The summed E-state index contributed by atoms with van der Waals surface area (Å²) in [5, 5.41) is 3.16. The minimum absolute atomic E-state index is 0.0492. The lowest BCUT2D eigenvalue weighted by Gasteiger charge is -2.32. The van der Waals surface area contributed by atoms with Crippen LogP contribution in [0.3, 0.4) is 0 Å². The second-order valence-electron chi connectivity index (χ2n) is 7.66. The number of carbonyl (C=O) groups is 1. The van der Waals surface area contributed by atoms with E-state index in [0.29, 0.717) is 0 Å². The predicted octanol–water partition coefficient (Wildman–Crippen LogP) is 6.45. The molecule has 0 heterocycles. The summed E-state index contributed by atoms with van der Waals surface area (Å²) in [6.07, 6.45) is 7.33. The highest BCUT2D eigenvalue weighted by Gasteiger charge is 2.26. The summed E-state index contributed by atoms with van der Waals surface area (Å²) in [6, 6.07) is 16.7. The number of unbranched alkanes of at least 4 members (excludes halogenated alkanes) is 1. The number of benzene rings is 2. The molecule has 0 radical (unpaired) electrons. The van der Waals surface area contributed by atoms with Crippen molar-refractivity contribution in [1.82, 2.24) is 5.32 Å². The van der Waals surface area contributed by atoms with Gasteiger partial charge >= 0.3 is 0 Å². The van der Waals surface area contributed by atoms with Crippen LogP contribution in [0.25, 0.3) is 0 Å². The molecule has 0 fully saturated rings. The van der Waals surface area contributed by atoms with Gasteiger partial charge in [-0.15, -0.1) is 0 Å². The quantitative estimate of drug-likeness (QED) is 0.486. The van der Waals surface area contributed by atoms with Gasteiger partial charge in [-0.05, 0) is 73.9 Å². The zero-order chi connectivity index (χ0) is 20.4. The normalized spacial score (nSPS) is 11.3. The SMILES string of the molecule is CCCCc1ccc(Oc2ccc(CCC(CC)(CC)NC(C)=O)cc2)cc1. The fourth-order valence-corrected chi connectivity index (χ4v) is 3.57. The lowest BCUT2D eigenvalue weighted by molar-refractivity contribution is -0.121. The van der Waals surface area contributed by atoms with Crippen LogP contribution in [0.1, 0.15) is 70.9 Å². The molecular formula is C25H35NO2. The lowest BCUT2D eigenvalue weighted by Crippen LogP contribution is -2.47. The highest BCUT2D eigenvalue weighted by Crippen LogP contribution is 2.25. The number of carbonyl (C=O) groups excluding carboxylic acids is 1. The monoisotopic (exact) mass is 381 g/mol. The maximum atomic E-state index is 11.6. The van der Waals surface area contributed by atoms with Crippen LogP contribution < -0.4 is 10.1 Å². The summed E-state index contributed by atoms with van der Waals surface area (Å²) in [7, 11) is 0. The van der Waals surface area contributed by atoms with E-state index < -0.39 is 0 Å². The molecule has 0 aliphatic carbocycles. The minimum Gasteiger partial charge on any atom is -0.457 e. The van der Waals surface area contributed by atoms with Crippen molar-refractivity contribution in [3.05, 3.63) is 59.7 Å². The second kappa shape index (κ2) is 10.9. The predicted molar refractivity (Wildman–Crippen MR) is 117 cm³/mol. The Labute approximate surface area is 170 Å². The Morgan fingerprint density at radius 3 is 1.79 bits per heavy atom. The number of amides is 1. The third-order valence-electron chi connectivity index (χ3n) is 5.59. The van der Waals surface area contributed by atoms with Crippen LogP contribution in [0.15, 0.2) is 48.5 Å². The molecule has 1 N–H and O–H groups in total. The molecule has 0 aromatic heterocycles. The Morgan fingerprint density at radius 1 is 0.857 bits per heavy atom. The molecule has 0 spiro atoms. The number of aryl methyl sites for hydroxylation is 2. The first-order valence-electron chi connectivity index (χ1n) is 10.6. The number of nitrogens with one attached hydrogen (secondary N) is 1. The van der Waals surface area contributed by atoms with Crippen molar-refractivity contribution in [1.29, 1.82) is 0 Å². The van der Waals surface area contributed by atoms with Crippen LogP contribution >= 0.6 is 0 Å². The summed E-state index contributed by atoms with van der Waals surface area (Å²) >= 11 is 0. The smallest absolute Gasteiger partial charge is 0.217 e. The van der Waals surface area contributed by atoms with E-state index in [-0.39, 0.29) is 11.4 Å². The molecule has 2 rings (SSSR count). The number of ether oxygens (including phenoxy) is 1. The lowest BCUT2D eigenvalue weighted by atomic mass is 9.86. The van der Waals surface area contributed by atoms with Crippen molar-refractivity contribution >= 4 is 5.91 Å². The summed E-state index contributed by atoms with van der Waals surface area (Å²) in [5.74, 6) is 1.77. The summed E-state index contributed by atoms with van der Waals surface area (Å²) < 4.78 is 5.98. The summed E-state index contributed by atoms with van der Waals surface area (Å²) in [5.41, 5.74) is 2.51. The van der Waals surface area contributed by atoms with Crippen molar-refractivity contribution in [2.45, 2.75) is 78.2 Å². The summed E-state index contributed by atoms with van der Waals surface area (Å²) in [4.78, 5) is 11.6. The Hall–Kier alpha value is -2.29. The highest BCUT2D eigenvalue weighted by atomic mass is 16.5. The molecule has 0 aliphatic rings. The maximum absolute atomic E-state index is 11.6. The van der Waals surface area contributed by atoms with Crippen molar-refractivity contribution in [3.8, 4) is 11.5 Å². The molecule has 0 unspecified atom stereocenters. The fraction of sp³-hybridized carbons (Fsp3) is 0.480. The molecule has 0 saturated carbocycles. The standard InChI is InChI=1S/C25H35NO2/c1-5-8-9-21-10-14-23(15-11-21)28-24-16-12-22(13-17-24)18-19-25(6-2,7-3)26-20(4)27/h10-17H,5-9,18-19H2,1-4H3,(H,26,27). The van der Waals surface area contributed by atoms with Crippen LogP contribution in [0, 0.1) is 0 Å². The molecule has 152 valence electrons. The topological polar surface area (TPSA) is 38.3 Å². The van der Waals surface area contributed by atoms with Gasteiger partial charge in [-0.25, -0.2) is 0 Å². The van der Waals surface area contributed by atoms with Gasteiger partial charge in [-0.1, -0.05) is 51.5 Å². The molecule has 3 nitrogen and oxygen atoms in total. The van der Waals surface area contributed by atoms with E-state index in [9.17, 15) is 4.79 Å². The van der Waals surface area contributed by atoms with Gasteiger partial charge in [0, 0.05) is 12.5 Å². The fourth-order valence-electron chi connectivity index (χ4n) is 3.57. The van der Waals surface area contributed by atoms with E-state index in [1.165, 1.54) is 24.0 Å². The van der Waals surface area contributed by atoms with Crippen molar-refractivity contribution in [2.24, 2.45) is 0 Å². The van der Waals surface area contributed by atoms with Gasteiger partial charge in [0.15, 0.2) is 0 Å². The van der Waals surface area contributed by atoms with E-state index in [1.54, 1.807) is 6.92 Å². The maximum Gasteiger partial charge on any atom is 0.217 e. The molecule has 3 heteroatoms. The van der Waals surface area contributed by atoms with Gasteiger partial charge < -0.3 is 10.1 Å². The Balaban J connectivity index is 1.93. The number of rotatable bonds is 11. The average molecular weight is 382 g/mol. The molecule has 1 amide bonds. The van der Waals surface area contributed by atoms with Crippen molar-refractivity contribution in [3.63, 3.8) is 0 Å². The first kappa shape index (κ1) is 22.0. The highest BCUT2D eigenvalue weighted by molar-refractivity contribution is 5.73. The van der Waals surface area contributed by atoms with E-state index >= 15 is 0 Å². The molecular weight excluding hydrogens is 346 g/mol. The van der Waals surface area contributed by atoms with E-state index in [0.717, 1.165) is 43.6 Å². The molecule has 2 aromatic rings. The van der Waals surface area contributed by atoms with Crippen LogP contribution in [0.4, 0.5) is 0 Å². The van der Waals surface area contributed by atoms with Gasteiger partial charge in [-0.2, -0.15) is 0 Å². The third-order valence-corrected chi connectivity index (χ3v) is 5.59. The Kier molecular flexibility index (Phi) is 8.56. The molecule has 0 bridgehead atoms. The van der Waals surface area contributed by atoms with E-state index in [2.05, 4.69) is 50.4 Å². The average Bonchev–Trinajstić information content (AvgIpc) is 2.71. The van der Waals surface area contributed by atoms with Crippen LogP contribution in [-0.2, 0) is 17.6 Å². The number of hydrogen-bond acceptors (Lipinski definition) is 2. The van der Waals surface area contributed by atoms with Crippen molar-refractivity contribution < 1.29 is 9.53 Å². The zero-order valence-electron chi connectivity index (χ0n) is 17.9. The van der Waals surface area contributed by atoms with Gasteiger partial charge in [-0.3, -0.25) is 4.79 Å². The Bertz CT molecular complexity index is 715. The van der Waals surface area contributed by atoms with Gasteiger partial charge in [0.25, 0.3) is 0 Å². The van der Waals surface area contributed by atoms with Gasteiger partial charge in [0.05, 0.1) is 0 Å². The van der Waals surface area contributed by atoms with E-state index in [4.69, 9.17) is 4.74 Å². The van der Waals surface area contributed by atoms with Gasteiger partial charge in [0.2, 0.25) is 5.91 Å². The van der Waals surface area contributed by atoms with Crippen LogP contribution in [0.2, 0.25) is 0 Å². The Morgan fingerprint density at radius 2 is 1.36 bits per heavy atom. The largest absolute Gasteiger partial charge is 0.457 e. The molecule has 0 saturated heterocycles. The molecule has 0 aliphatic heterocycles. The van der Waals surface area contributed by atoms with Crippen LogP contribution in [-0.4, -0.2) is 11.4 Å².